The van der Waals surface area contributed by atoms with Crippen molar-refractivity contribution in [2.24, 2.45) is 12.8 Å². The minimum absolute atomic E-state index is 0.257. The number of carbonyl (C=O) groups excluding carboxylic acids is 1. The van der Waals surface area contributed by atoms with Crippen molar-refractivity contribution < 1.29 is 9.21 Å². The van der Waals surface area contributed by atoms with Gasteiger partial charge in [-0.2, -0.15) is 0 Å². The molecular formula is C23H15N3O4. The van der Waals surface area contributed by atoms with Gasteiger partial charge in [-0.3, -0.25) is 4.79 Å². The number of carbonyl (C=O) groups is 1. The molecule has 0 saturated heterocycles. The van der Waals surface area contributed by atoms with Crippen molar-refractivity contribution >= 4 is 38.7 Å². The van der Waals surface area contributed by atoms with Crippen LogP contribution in [-0.2, 0) is 7.05 Å². The van der Waals surface area contributed by atoms with Crippen LogP contribution < -0.4 is 17.0 Å². The Morgan fingerprint density at radius 2 is 1.73 bits per heavy atom. The van der Waals surface area contributed by atoms with E-state index in [9.17, 15) is 14.4 Å². The number of aryl methyl sites for hydroxylation is 1. The number of primary amides is 1. The molecule has 146 valence electrons. The maximum Gasteiger partial charge on any atom is 0.348 e. The van der Waals surface area contributed by atoms with Crippen molar-refractivity contribution in [1.82, 2.24) is 9.55 Å². The summed E-state index contributed by atoms with van der Waals surface area (Å²) >= 11 is 0. The van der Waals surface area contributed by atoms with Crippen LogP contribution in [0.5, 0.6) is 0 Å². The first-order valence-corrected chi connectivity index (χ1v) is 9.22. The molecule has 0 saturated carbocycles. The van der Waals surface area contributed by atoms with Crippen molar-refractivity contribution in [3.05, 3.63) is 87.1 Å². The van der Waals surface area contributed by atoms with Gasteiger partial charge < -0.3 is 14.7 Å². The summed E-state index contributed by atoms with van der Waals surface area (Å²) in [5.41, 5.74) is 7.39. The van der Waals surface area contributed by atoms with E-state index in [1.165, 1.54) is 0 Å². The van der Waals surface area contributed by atoms with Crippen molar-refractivity contribution in [3.8, 4) is 11.1 Å². The predicted octanol–water partition coefficient (Wildman–Crippen LogP) is 2.96. The van der Waals surface area contributed by atoms with Gasteiger partial charge in [0.2, 0.25) is 0 Å². The molecule has 0 aliphatic heterocycles. The zero-order valence-electron chi connectivity index (χ0n) is 15.9. The Balaban J connectivity index is 2.02. The molecule has 0 bridgehead atoms. The summed E-state index contributed by atoms with van der Waals surface area (Å²) in [6.45, 7) is 0. The Morgan fingerprint density at radius 1 is 0.967 bits per heavy atom. The second kappa shape index (κ2) is 6.38. The van der Waals surface area contributed by atoms with Crippen LogP contribution in [-0.4, -0.2) is 15.5 Å². The molecule has 2 heterocycles. The standard InChI is InChI=1S/C23H15N3O4/c1-26-16-9-5-8-14(21(24)27)19(16)25-15-11-10-13-17(12-6-3-2-4-7-12)22(28)30-23(29)18(13)20(15)26/h2-11H,1H3,(H2,24,27). The molecule has 0 aliphatic rings. The Morgan fingerprint density at radius 3 is 2.47 bits per heavy atom. The van der Waals surface area contributed by atoms with Crippen LogP contribution in [0.4, 0.5) is 0 Å². The number of hydrogen-bond acceptors (Lipinski definition) is 5. The lowest BCUT2D eigenvalue weighted by atomic mass is 10.00. The summed E-state index contributed by atoms with van der Waals surface area (Å²) in [4.78, 5) is 41.8. The Bertz CT molecular complexity index is 1620. The first kappa shape index (κ1) is 17.8. The Kier molecular flexibility index (Phi) is 3.79. The Labute approximate surface area is 169 Å². The first-order chi connectivity index (χ1) is 14.5. The smallest absolute Gasteiger partial charge is 0.348 e. The average molecular weight is 397 g/mol. The minimum atomic E-state index is -0.733. The van der Waals surface area contributed by atoms with Gasteiger partial charge in [0, 0.05) is 12.4 Å². The Hall–Kier alpha value is -4.26. The molecule has 0 atom stereocenters. The molecule has 30 heavy (non-hydrogen) atoms. The van der Waals surface area contributed by atoms with E-state index < -0.39 is 17.2 Å². The molecule has 1 amide bonds. The summed E-state index contributed by atoms with van der Waals surface area (Å²) in [6.07, 6.45) is 0. The van der Waals surface area contributed by atoms with Gasteiger partial charge >= 0.3 is 11.3 Å². The highest BCUT2D eigenvalue weighted by Crippen LogP contribution is 2.30. The van der Waals surface area contributed by atoms with E-state index in [-0.39, 0.29) is 10.9 Å². The van der Waals surface area contributed by atoms with Crippen molar-refractivity contribution in [2.45, 2.75) is 0 Å². The molecule has 3 aromatic carbocycles. The first-order valence-electron chi connectivity index (χ1n) is 9.22. The number of para-hydroxylation sites is 1. The fourth-order valence-corrected chi connectivity index (χ4v) is 3.96. The minimum Gasteiger partial charge on any atom is -0.386 e. The molecule has 0 unspecified atom stereocenters. The van der Waals surface area contributed by atoms with Gasteiger partial charge in [0.1, 0.15) is 5.52 Å². The number of rotatable bonds is 2. The van der Waals surface area contributed by atoms with Gasteiger partial charge in [-0.1, -0.05) is 42.5 Å². The molecule has 5 aromatic rings. The SMILES string of the molecule is Cn1c2cccc(C(N)=O)c2nc2ccc3c(-c4ccccc4)c(=O)oc(=O)c3c21. The maximum absolute atomic E-state index is 12.8. The molecule has 2 aromatic heterocycles. The topological polar surface area (TPSA) is 108 Å². The molecule has 2 N–H and O–H groups in total. The molecule has 5 rings (SSSR count). The van der Waals surface area contributed by atoms with Gasteiger partial charge in [0.25, 0.3) is 5.91 Å². The van der Waals surface area contributed by atoms with Crippen LogP contribution in [0.15, 0.2) is 74.7 Å². The van der Waals surface area contributed by atoms with E-state index in [0.29, 0.717) is 38.6 Å². The van der Waals surface area contributed by atoms with Crippen LogP contribution in [0.3, 0.4) is 0 Å². The summed E-state index contributed by atoms with van der Waals surface area (Å²) < 4.78 is 6.85. The zero-order valence-corrected chi connectivity index (χ0v) is 15.9. The molecule has 7 nitrogen and oxygen atoms in total. The van der Waals surface area contributed by atoms with Crippen molar-refractivity contribution in [1.29, 1.82) is 0 Å². The zero-order chi connectivity index (χ0) is 21.0. The third-order valence-corrected chi connectivity index (χ3v) is 5.29. The van der Waals surface area contributed by atoms with E-state index in [1.807, 2.05) is 18.2 Å². The number of nitrogens with two attached hydrogens (primary N) is 1. The quantitative estimate of drug-likeness (QED) is 0.364. The van der Waals surface area contributed by atoms with Gasteiger partial charge in [-0.15, -0.1) is 0 Å². The van der Waals surface area contributed by atoms with Gasteiger partial charge in [0.15, 0.2) is 0 Å². The lowest BCUT2D eigenvalue weighted by molar-refractivity contribution is 0.100. The van der Waals surface area contributed by atoms with E-state index in [2.05, 4.69) is 4.98 Å². The molecule has 0 fully saturated rings. The van der Waals surface area contributed by atoms with Crippen LogP contribution in [0.25, 0.3) is 44.0 Å². The summed E-state index contributed by atoms with van der Waals surface area (Å²) in [7, 11) is 1.77. The predicted molar refractivity (Wildman–Crippen MR) is 114 cm³/mol. The van der Waals surface area contributed by atoms with Crippen LogP contribution in [0.1, 0.15) is 10.4 Å². The largest absolute Gasteiger partial charge is 0.386 e. The number of amides is 1. The molecule has 0 spiro atoms. The normalized spacial score (nSPS) is 11.4. The van der Waals surface area contributed by atoms with Gasteiger partial charge in [-0.25, -0.2) is 14.6 Å². The fraction of sp³-hybridized carbons (Fsp3) is 0.0435. The molecule has 7 heteroatoms. The number of aromatic nitrogens is 2. The van der Waals surface area contributed by atoms with Crippen molar-refractivity contribution in [3.63, 3.8) is 0 Å². The second-order valence-electron chi connectivity index (χ2n) is 6.98. The van der Waals surface area contributed by atoms with Crippen molar-refractivity contribution in [2.75, 3.05) is 0 Å². The fourth-order valence-electron chi connectivity index (χ4n) is 3.96. The van der Waals surface area contributed by atoms with Crippen LogP contribution >= 0.6 is 0 Å². The third kappa shape index (κ3) is 2.45. The van der Waals surface area contributed by atoms with Crippen LogP contribution in [0.2, 0.25) is 0 Å². The number of benzene rings is 3. The average Bonchev–Trinajstić information content (AvgIpc) is 2.74. The van der Waals surface area contributed by atoms with E-state index in [1.54, 1.807) is 54.1 Å². The van der Waals surface area contributed by atoms with E-state index >= 15 is 0 Å². The lowest BCUT2D eigenvalue weighted by Gasteiger charge is -2.14. The van der Waals surface area contributed by atoms with E-state index in [4.69, 9.17) is 10.2 Å². The highest BCUT2D eigenvalue weighted by Gasteiger charge is 2.19. The molecule has 0 aliphatic carbocycles. The maximum atomic E-state index is 12.8. The van der Waals surface area contributed by atoms with Gasteiger partial charge in [0.05, 0.1) is 33.1 Å². The number of nitrogens with zero attached hydrogens (tertiary/aromatic N) is 2. The van der Waals surface area contributed by atoms with E-state index in [0.717, 1.165) is 0 Å². The summed E-state index contributed by atoms with van der Waals surface area (Å²) in [6, 6.07) is 17.6. The second-order valence-corrected chi connectivity index (χ2v) is 6.98. The number of fused-ring (bicyclic) bond motifs is 4. The monoisotopic (exact) mass is 397 g/mol. The highest BCUT2D eigenvalue weighted by atomic mass is 16.4. The van der Waals surface area contributed by atoms with Gasteiger partial charge in [-0.05, 0) is 23.8 Å². The number of hydrogen-bond donors (Lipinski definition) is 1. The lowest BCUT2D eigenvalue weighted by Crippen LogP contribution is -2.16. The third-order valence-electron chi connectivity index (χ3n) is 5.29. The van der Waals surface area contributed by atoms with Crippen LogP contribution in [0, 0.1) is 0 Å². The molecule has 0 radical (unpaired) electrons. The highest BCUT2D eigenvalue weighted by molar-refractivity contribution is 6.12. The summed E-state index contributed by atoms with van der Waals surface area (Å²) in [5.74, 6) is -0.588. The molecular weight excluding hydrogens is 382 g/mol. The summed E-state index contributed by atoms with van der Waals surface area (Å²) in [5, 5.41) is 0.741.